The first-order valence-corrected chi connectivity index (χ1v) is 13.6. The molecule has 2 amide bonds. The molecule has 0 aromatic heterocycles. The highest BCUT2D eigenvalue weighted by molar-refractivity contribution is 6.01. The van der Waals surface area contributed by atoms with E-state index >= 15 is 0 Å². The van der Waals surface area contributed by atoms with E-state index in [2.05, 4.69) is 5.32 Å². The molecule has 9 heteroatoms. The second kappa shape index (κ2) is 13.3. The van der Waals surface area contributed by atoms with E-state index in [-0.39, 0.29) is 11.8 Å². The maximum Gasteiger partial charge on any atom is 0.254 e. The summed E-state index contributed by atoms with van der Waals surface area (Å²) in [5, 5.41) is 3.13. The van der Waals surface area contributed by atoms with Gasteiger partial charge in [0.2, 0.25) is 11.7 Å². The van der Waals surface area contributed by atoms with Gasteiger partial charge in [-0.1, -0.05) is 31.2 Å². The van der Waals surface area contributed by atoms with Crippen molar-refractivity contribution in [2.45, 2.75) is 31.7 Å². The summed E-state index contributed by atoms with van der Waals surface area (Å²) < 4.78 is 27.5. The number of methoxy groups -OCH3 is 5. The van der Waals surface area contributed by atoms with Crippen LogP contribution >= 0.6 is 0 Å². The Hall–Kier alpha value is -4.40. The Morgan fingerprint density at radius 3 is 2.10 bits per heavy atom. The van der Waals surface area contributed by atoms with Crippen LogP contribution in [0.1, 0.15) is 52.4 Å². The van der Waals surface area contributed by atoms with Gasteiger partial charge in [-0.05, 0) is 59.9 Å². The van der Waals surface area contributed by atoms with Crippen molar-refractivity contribution in [1.82, 2.24) is 10.2 Å². The third-order valence-electron chi connectivity index (χ3n) is 7.38. The minimum Gasteiger partial charge on any atom is -0.493 e. The SMILES string of the molecule is CCCN1C(=O)c2ccccc2[C@H](C(=O)NCCc2ccc(OC)c(OC)c2)[C@@H]1c1cc(OC)c(OC)c(OC)c1. The Kier molecular flexibility index (Phi) is 9.60. The van der Waals surface area contributed by atoms with Gasteiger partial charge in [0, 0.05) is 18.7 Å². The molecule has 218 valence electrons. The molecule has 1 aliphatic heterocycles. The number of carbonyl (C=O) groups excluding carboxylic acids is 2. The lowest BCUT2D eigenvalue weighted by Gasteiger charge is -2.42. The molecule has 9 nitrogen and oxygen atoms in total. The molecule has 0 aliphatic carbocycles. The standard InChI is InChI=1S/C32H38N2O7/c1-7-16-34-29(21-18-26(39-4)30(41-6)27(19-21)40-5)28(22-10-8-9-11-23(22)32(34)36)31(35)33-15-14-20-12-13-24(37-2)25(17-20)38-3/h8-13,17-19,28-29H,7,14-16H2,1-6H3,(H,33,35)/t28-,29-/m0/s1. The van der Waals surface area contributed by atoms with Crippen molar-refractivity contribution >= 4 is 11.8 Å². The maximum absolute atomic E-state index is 14.1. The average molecular weight is 563 g/mol. The van der Waals surface area contributed by atoms with E-state index in [0.29, 0.717) is 59.4 Å². The zero-order valence-corrected chi connectivity index (χ0v) is 24.5. The molecule has 1 heterocycles. The number of hydrogen-bond donors (Lipinski definition) is 1. The van der Waals surface area contributed by atoms with Gasteiger partial charge in [-0.15, -0.1) is 0 Å². The van der Waals surface area contributed by atoms with E-state index in [1.54, 1.807) is 46.5 Å². The highest BCUT2D eigenvalue weighted by atomic mass is 16.5. The topological polar surface area (TPSA) is 95.6 Å². The fraction of sp³-hybridized carbons (Fsp3) is 0.375. The normalized spacial score (nSPS) is 16.0. The van der Waals surface area contributed by atoms with Crippen molar-refractivity contribution in [1.29, 1.82) is 0 Å². The molecule has 0 bridgehead atoms. The molecular weight excluding hydrogens is 524 g/mol. The molecule has 1 aliphatic rings. The largest absolute Gasteiger partial charge is 0.493 e. The summed E-state index contributed by atoms with van der Waals surface area (Å²) in [4.78, 5) is 29.6. The first kappa shape index (κ1) is 29.6. The predicted molar refractivity (Wildman–Crippen MR) is 156 cm³/mol. The monoisotopic (exact) mass is 562 g/mol. The van der Waals surface area contributed by atoms with E-state index in [4.69, 9.17) is 23.7 Å². The molecular formula is C32H38N2O7. The van der Waals surface area contributed by atoms with Crippen LogP contribution in [0.25, 0.3) is 0 Å². The molecule has 0 saturated heterocycles. The van der Waals surface area contributed by atoms with Gasteiger partial charge in [-0.2, -0.15) is 0 Å². The van der Waals surface area contributed by atoms with Gasteiger partial charge in [0.1, 0.15) is 0 Å². The minimum atomic E-state index is -0.663. The van der Waals surface area contributed by atoms with Gasteiger partial charge >= 0.3 is 0 Å². The van der Waals surface area contributed by atoms with Crippen LogP contribution < -0.4 is 29.0 Å². The van der Waals surface area contributed by atoms with Crippen LogP contribution in [0.5, 0.6) is 28.7 Å². The molecule has 0 unspecified atom stereocenters. The third kappa shape index (κ3) is 5.89. The van der Waals surface area contributed by atoms with Gasteiger partial charge in [0.15, 0.2) is 23.0 Å². The van der Waals surface area contributed by atoms with Crippen molar-refractivity contribution in [3.63, 3.8) is 0 Å². The van der Waals surface area contributed by atoms with Crippen LogP contribution in [0.4, 0.5) is 0 Å². The summed E-state index contributed by atoms with van der Waals surface area (Å²) in [6, 6.07) is 16.1. The first-order valence-electron chi connectivity index (χ1n) is 13.6. The van der Waals surface area contributed by atoms with Crippen molar-refractivity contribution in [3.8, 4) is 28.7 Å². The Morgan fingerprint density at radius 1 is 0.829 bits per heavy atom. The Balaban J connectivity index is 1.73. The molecule has 0 fully saturated rings. The molecule has 1 N–H and O–H groups in total. The van der Waals surface area contributed by atoms with Crippen LogP contribution in [0.2, 0.25) is 0 Å². The number of ether oxygens (including phenoxy) is 5. The van der Waals surface area contributed by atoms with Gasteiger partial charge in [-0.25, -0.2) is 0 Å². The summed E-state index contributed by atoms with van der Waals surface area (Å²) >= 11 is 0. The van der Waals surface area contributed by atoms with Gasteiger partial charge < -0.3 is 33.9 Å². The van der Waals surface area contributed by atoms with Crippen LogP contribution in [0.3, 0.4) is 0 Å². The van der Waals surface area contributed by atoms with Gasteiger partial charge in [0.25, 0.3) is 5.91 Å². The molecule has 4 rings (SSSR count). The summed E-state index contributed by atoms with van der Waals surface area (Å²) in [5.41, 5.74) is 2.93. The van der Waals surface area contributed by atoms with E-state index in [0.717, 1.165) is 17.5 Å². The summed E-state index contributed by atoms with van der Waals surface area (Å²) in [5.74, 6) is 1.68. The smallest absolute Gasteiger partial charge is 0.254 e. The van der Waals surface area contributed by atoms with E-state index in [1.807, 2.05) is 55.5 Å². The number of rotatable bonds is 12. The van der Waals surface area contributed by atoms with Crippen LogP contribution in [0.15, 0.2) is 54.6 Å². The van der Waals surface area contributed by atoms with Crippen molar-refractivity contribution in [2.75, 3.05) is 48.6 Å². The predicted octanol–water partition coefficient (Wildman–Crippen LogP) is 4.78. The fourth-order valence-electron chi connectivity index (χ4n) is 5.48. The number of nitrogens with zero attached hydrogens (tertiary/aromatic N) is 1. The molecule has 3 aromatic rings. The van der Waals surface area contributed by atoms with Crippen molar-refractivity contribution in [3.05, 3.63) is 76.9 Å². The lowest BCUT2D eigenvalue weighted by molar-refractivity contribution is -0.124. The lowest BCUT2D eigenvalue weighted by atomic mass is 9.79. The highest BCUT2D eigenvalue weighted by Crippen LogP contribution is 2.47. The molecule has 3 aromatic carbocycles. The summed E-state index contributed by atoms with van der Waals surface area (Å²) in [6.45, 7) is 2.89. The third-order valence-corrected chi connectivity index (χ3v) is 7.38. The highest BCUT2D eigenvalue weighted by Gasteiger charge is 2.44. The molecule has 0 spiro atoms. The zero-order chi connectivity index (χ0) is 29.5. The molecule has 2 atom stereocenters. The molecule has 0 saturated carbocycles. The van der Waals surface area contributed by atoms with E-state index in [9.17, 15) is 9.59 Å². The second-order valence-electron chi connectivity index (χ2n) is 9.70. The minimum absolute atomic E-state index is 0.115. The van der Waals surface area contributed by atoms with Crippen molar-refractivity contribution in [2.24, 2.45) is 0 Å². The van der Waals surface area contributed by atoms with Crippen molar-refractivity contribution < 1.29 is 33.3 Å². The number of benzene rings is 3. The zero-order valence-electron chi connectivity index (χ0n) is 24.5. The fourth-order valence-corrected chi connectivity index (χ4v) is 5.48. The Bertz CT molecular complexity index is 1370. The Morgan fingerprint density at radius 2 is 1.49 bits per heavy atom. The number of amides is 2. The molecule has 0 radical (unpaired) electrons. The van der Waals surface area contributed by atoms with Gasteiger partial charge in [-0.3, -0.25) is 9.59 Å². The van der Waals surface area contributed by atoms with Crippen LogP contribution in [-0.2, 0) is 11.2 Å². The average Bonchev–Trinajstić information content (AvgIpc) is 3.01. The van der Waals surface area contributed by atoms with E-state index in [1.165, 1.54) is 0 Å². The number of fused-ring (bicyclic) bond motifs is 1. The number of nitrogens with one attached hydrogen (secondary N) is 1. The molecule has 41 heavy (non-hydrogen) atoms. The summed E-state index contributed by atoms with van der Waals surface area (Å²) in [7, 11) is 7.82. The van der Waals surface area contributed by atoms with Crippen LogP contribution in [0, 0.1) is 0 Å². The number of carbonyl (C=O) groups is 2. The summed E-state index contributed by atoms with van der Waals surface area (Å²) in [6.07, 6.45) is 1.31. The van der Waals surface area contributed by atoms with E-state index < -0.39 is 12.0 Å². The van der Waals surface area contributed by atoms with Gasteiger partial charge in [0.05, 0.1) is 47.5 Å². The quantitative estimate of drug-likeness (QED) is 0.340. The second-order valence-corrected chi connectivity index (χ2v) is 9.70. The first-order chi connectivity index (χ1) is 19.9. The number of hydrogen-bond acceptors (Lipinski definition) is 7. The lowest BCUT2D eigenvalue weighted by Crippen LogP contribution is -2.47. The van der Waals surface area contributed by atoms with Crippen LogP contribution in [-0.4, -0.2) is 65.4 Å². The Labute approximate surface area is 241 Å². The maximum atomic E-state index is 14.1.